The van der Waals surface area contributed by atoms with E-state index in [1.54, 1.807) is 53.4 Å². The van der Waals surface area contributed by atoms with Gasteiger partial charge in [0.15, 0.2) is 0 Å². The molecule has 4 rings (SSSR count). The molecule has 38 heavy (non-hydrogen) atoms. The van der Waals surface area contributed by atoms with Crippen LogP contribution in [0.3, 0.4) is 0 Å². The average molecular weight is 603 g/mol. The van der Waals surface area contributed by atoms with E-state index in [-0.39, 0.29) is 24.3 Å². The fraction of sp³-hybridized carbons (Fsp3) is 0.250. The highest BCUT2D eigenvalue weighted by Crippen LogP contribution is 2.31. The second-order valence-corrected chi connectivity index (χ2v) is 10.4. The number of likely N-dealkylation sites (N-methyl/N-ethyl adjacent to an activating group) is 1. The van der Waals surface area contributed by atoms with E-state index >= 15 is 0 Å². The van der Waals surface area contributed by atoms with Crippen LogP contribution < -0.4 is 10.1 Å². The minimum Gasteiger partial charge on any atom is -0.457 e. The number of halogens is 3. The summed E-state index contributed by atoms with van der Waals surface area (Å²) in [6.07, 6.45) is 0.372. The number of amides is 3. The van der Waals surface area contributed by atoms with E-state index in [2.05, 4.69) is 21.2 Å². The van der Waals surface area contributed by atoms with Crippen LogP contribution in [0.25, 0.3) is 0 Å². The first-order valence-corrected chi connectivity index (χ1v) is 13.1. The Morgan fingerprint density at radius 3 is 2.63 bits per heavy atom. The van der Waals surface area contributed by atoms with Crippen molar-refractivity contribution in [2.75, 3.05) is 13.6 Å². The van der Waals surface area contributed by atoms with E-state index < -0.39 is 17.9 Å². The van der Waals surface area contributed by atoms with Crippen LogP contribution >= 0.6 is 27.5 Å². The highest BCUT2D eigenvalue weighted by atomic mass is 79.9. The molecule has 3 amide bonds. The predicted octanol–water partition coefficient (Wildman–Crippen LogP) is 5.47. The summed E-state index contributed by atoms with van der Waals surface area (Å²) in [6, 6.07) is 17.2. The Hall–Kier alpha value is -3.43. The molecule has 3 aromatic rings. The molecule has 0 radical (unpaired) electrons. The van der Waals surface area contributed by atoms with E-state index in [9.17, 15) is 18.8 Å². The molecule has 0 bridgehead atoms. The second kappa shape index (κ2) is 12.0. The summed E-state index contributed by atoms with van der Waals surface area (Å²) < 4.78 is 20.0. The van der Waals surface area contributed by atoms with Crippen molar-refractivity contribution >= 4 is 45.3 Å². The zero-order valence-electron chi connectivity index (χ0n) is 20.8. The van der Waals surface area contributed by atoms with E-state index in [1.807, 2.05) is 13.0 Å². The molecular formula is C28H26BrClFN3O4. The van der Waals surface area contributed by atoms with Gasteiger partial charge in [-0.05, 0) is 61.4 Å². The van der Waals surface area contributed by atoms with Gasteiger partial charge in [0.05, 0.1) is 6.04 Å². The minimum absolute atomic E-state index is 0.0990. The van der Waals surface area contributed by atoms with Crippen molar-refractivity contribution in [3.63, 3.8) is 0 Å². The monoisotopic (exact) mass is 601 g/mol. The first kappa shape index (κ1) is 27.6. The number of rotatable bonds is 7. The number of carbonyl (C=O) groups excluding carboxylic acids is 3. The Morgan fingerprint density at radius 1 is 1.18 bits per heavy atom. The Balaban J connectivity index is 1.38. The summed E-state index contributed by atoms with van der Waals surface area (Å²) in [5, 5.41) is 3.10. The van der Waals surface area contributed by atoms with Crippen LogP contribution in [-0.2, 0) is 20.9 Å². The molecule has 198 valence electrons. The van der Waals surface area contributed by atoms with Crippen molar-refractivity contribution in [1.29, 1.82) is 0 Å². The molecule has 0 saturated carbocycles. The zero-order chi connectivity index (χ0) is 27.4. The van der Waals surface area contributed by atoms with Crippen LogP contribution in [-0.4, -0.2) is 47.2 Å². The molecule has 0 spiro atoms. The highest BCUT2D eigenvalue weighted by Gasteiger charge is 2.37. The standard InChI is InChI=1S/C28H26BrClFN3O4/c1-17(18-7-10-22(31)11-8-18)34-13-12-24(27(34)36)32-26(35)28(37)33(2)16-19-6-9-20(29)14-25(19)38-23-5-3-4-21(30)15-23/h3-11,14-15,17,24H,12-13,16H2,1-2H3,(H,32,35). The van der Waals surface area contributed by atoms with E-state index in [0.29, 0.717) is 35.1 Å². The first-order valence-electron chi connectivity index (χ1n) is 12.0. The van der Waals surface area contributed by atoms with Crippen LogP contribution in [0, 0.1) is 5.82 Å². The molecular weight excluding hydrogens is 577 g/mol. The summed E-state index contributed by atoms with van der Waals surface area (Å²) in [5.41, 5.74) is 1.46. The molecule has 2 atom stereocenters. The number of ether oxygens (including phenoxy) is 1. The topological polar surface area (TPSA) is 79.0 Å². The highest BCUT2D eigenvalue weighted by molar-refractivity contribution is 9.10. The number of benzene rings is 3. The second-order valence-electron chi connectivity index (χ2n) is 9.05. The number of nitrogens with one attached hydrogen (secondary N) is 1. The third-order valence-electron chi connectivity index (χ3n) is 6.37. The fourth-order valence-corrected chi connectivity index (χ4v) is 4.79. The lowest BCUT2D eigenvalue weighted by Gasteiger charge is -2.25. The van der Waals surface area contributed by atoms with Crippen LogP contribution in [0.4, 0.5) is 4.39 Å². The molecule has 2 unspecified atom stereocenters. The number of hydrogen-bond acceptors (Lipinski definition) is 4. The Labute approximate surface area is 233 Å². The predicted molar refractivity (Wildman–Crippen MR) is 145 cm³/mol. The molecule has 10 heteroatoms. The van der Waals surface area contributed by atoms with Gasteiger partial charge in [-0.3, -0.25) is 14.4 Å². The lowest BCUT2D eigenvalue weighted by atomic mass is 10.1. The molecule has 1 N–H and O–H groups in total. The summed E-state index contributed by atoms with van der Waals surface area (Å²) in [4.78, 5) is 41.5. The molecule has 0 aromatic heterocycles. The van der Waals surface area contributed by atoms with Gasteiger partial charge < -0.3 is 19.9 Å². The lowest BCUT2D eigenvalue weighted by Crippen LogP contribution is -2.48. The number of hydrogen-bond donors (Lipinski definition) is 1. The molecule has 1 aliphatic heterocycles. The third-order valence-corrected chi connectivity index (χ3v) is 7.09. The molecule has 1 fully saturated rings. The van der Waals surface area contributed by atoms with Gasteiger partial charge >= 0.3 is 11.8 Å². The van der Waals surface area contributed by atoms with Gasteiger partial charge in [0.25, 0.3) is 0 Å². The van der Waals surface area contributed by atoms with Crippen LogP contribution in [0.2, 0.25) is 5.02 Å². The molecule has 1 aliphatic rings. The van der Waals surface area contributed by atoms with Crippen molar-refractivity contribution in [3.05, 3.63) is 93.2 Å². The summed E-state index contributed by atoms with van der Waals surface area (Å²) in [7, 11) is 1.51. The third kappa shape index (κ3) is 6.52. The number of nitrogens with zero attached hydrogens (tertiary/aromatic N) is 2. The first-order chi connectivity index (χ1) is 18.1. The SMILES string of the molecule is CC(c1ccc(F)cc1)N1CCC(NC(=O)C(=O)N(C)Cc2ccc(Br)cc2Oc2cccc(Cl)c2)C1=O. The largest absolute Gasteiger partial charge is 0.457 e. The minimum atomic E-state index is -0.864. The Kier molecular flexibility index (Phi) is 8.69. The zero-order valence-corrected chi connectivity index (χ0v) is 23.1. The molecule has 7 nitrogen and oxygen atoms in total. The van der Waals surface area contributed by atoms with E-state index in [4.69, 9.17) is 16.3 Å². The number of likely N-dealkylation sites (tertiary alicyclic amines) is 1. The van der Waals surface area contributed by atoms with Crippen molar-refractivity contribution in [3.8, 4) is 11.5 Å². The van der Waals surface area contributed by atoms with Crippen LogP contribution in [0.1, 0.15) is 30.5 Å². The van der Waals surface area contributed by atoms with Gasteiger partial charge in [0.1, 0.15) is 23.4 Å². The van der Waals surface area contributed by atoms with Crippen molar-refractivity contribution in [2.24, 2.45) is 0 Å². The van der Waals surface area contributed by atoms with Gasteiger partial charge in [-0.2, -0.15) is 0 Å². The van der Waals surface area contributed by atoms with Crippen LogP contribution in [0.5, 0.6) is 11.5 Å². The fourth-order valence-electron chi connectivity index (χ4n) is 4.27. The van der Waals surface area contributed by atoms with Crippen molar-refractivity contribution in [2.45, 2.75) is 32.0 Å². The smallest absolute Gasteiger partial charge is 0.311 e. The normalized spacial score (nSPS) is 15.8. The van der Waals surface area contributed by atoms with Gasteiger partial charge in [-0.25, -0.2) is 4.39 Å². The maximum atomic E-state index is 13.3. The average Bonchev–Trinajstić information content (AvgIpc) is 3.24. The number of carbonyl (C=O) groups is 3. The van der Waals surface area contributed by atoms with E-state index in [0.717, 1.165) is 10.0 Å². The van der Waals surface area contributed by atoms with E-state index in [1.165, 1.54) is 24.1 Å². The Bertz CT molecular complexity index is 1350. The summed E-state index contributed by atoms with van der Waals surface area (Å²) in [5.74, 6) is -1.25. The maximum absolute atomic E-state index is 13.3. The van der Waals surface area contributed by atoms with Gasteiger partial charge in [0, 0.05) is 35.2 Å². The quantitative estimate of drug-likeness (QED) is 0.364. The molecule has 0 aliphatic carbocycles. The lowest BCUT2D eigenvalue weighted by molar-refractivity contribution is -0.146. The summed E-state index contributed by atoms with van der Waals surface area (Å²) >= 11 is 9.49. The van der Waals surface area contributed by atoms with Crippen LogP contribution in [0.15, 0.2) is 71.2 Å². The molecule has 3 aromatic carbocycles. The Morgan fingerprint density at radius 2 is 1.92 bits per heavy atom. The van der Waals surface area contributed by atoms with Crippen molar-refractivity contribution < 1.29 is 23.5 Å². The molecule has 1 heterocycles. The van der Waals surface area contributed by atoms with Gasteiger partial charge in [-0.1, -0.05) is 51.8 Å². The molecule has 1 saturated heterocycles. The van der Waals surface area contributed by atoms with Gasteiger partial charge in [0.2, 0.25) is 5.91 Å². The van der Waals surface area contributed by atoms with Crippen molar-refractivity contribution in [1.82, 2.24) is 15.1 Å². The maximum Gasteiger partial charge on any atom is 0.311 e. The summed E-state index contributed by atoms with van der Waals surface area (Å²) in [6.45, 7) is 2.35. The van der Waals surface area contributed by atoms with Gasteiger partial charge in [-0.15, -0.1) is 0 Å².